The normalized spacial score (nSPS) is 15.4. The first-order valence-corrected chi connectivity index (χ1v) is 9.65. The highest BCUT2D eigenvalue weighted by molar-refractivity contribution is 7.99. The van der Waals surface area contributed by atoms with Crippen molar-refractivity contribution < 1.29 is 14.4 Å². The zero-order valence-corrected chi connectivity index (χ0v) is 16.0. The summed E-state index contributed by atoms with van der Waals surface area (Å²) in [5.41, 5.74) is 3.15. The molecule has 0 saturated carbocycles. The van der Waals surface area contributed by atoms with Gasteiger partial charge < -0.3 is 4.98 Å². The van der Waals surface area contributed by atoms with Crippen molar-refractivity contribution in [3.05, 3.63) is 26.6 Å². The average molecular weight is 395 g/mol. The monoisotopic (exact) mass is 395 g/mol. The second kappa shape index (κ2) is 7.08. The Balaban J connectivity index is 1.64. The van der Waals surface area contributed by atoms with E-state index in [-0.39, 0.29) is 12.1 Å². The second-order valence-corrected chi connectivity index (χ2v) is 8.38. The lowest BCUT2D eigenvalue weighted by Gasteiger charge is -2.17. The van der Waals surface area contributed by atoms with E-state index in [1.807, 2.05) is 13.8 Å². The van der Waals surface area contributed by atoms with Crippen molar-refractivity contribution in [2.75, 3.05) is 6.54 Å². The van der Waals surface area contributed by atoms with Gasteiger partial charge >= 0.3 is 6.03 Å². The molecule has 1 atom stereocenters. The van der Waals surface area contributed by atoms with E-state index in [0.29, 0.717) is 21.8 Å². The van der Waals surface area contributed by atoms with Gasteiger partial charge in [0, 0.05) is 4.88 Å². The number of urea groups is 1. The molecule has 1 aliphatic heterocycles. The molecule has 3 rings (SSSR count). The number of amides is 4. The molecule has 11 heteroatoms. The molecule has 2 aromatic rings. The molecule has 1 fully saturated rings. The molecule has 26 heavy (non-hydrogen) atoms. The topological polar surface area (TPSA) is 124 Å². The number of aryl methyl sites for hydroxylation is 2. The first-order valence-electron chi connectivity index (χ1n) is 7.78. The molecule has 2 aromatic heterocycles. The number of carbonyl (C=O) groups excluding carboxylic acids is 3. The lowest BCUT2D eigenvalue weighted by molar-refractivity contribution is -0.124. The molecule has 3 N–H and O–H groups in total. The second-order valence-electron chi connectivity index (χ2n) is 5.84. The lowest BCUT2D eigenvalue weighted by atomic mass is 10.2. The highest BCUT2D eigenvalue weighted by Crippen LogP contribution is 2.26. The molecule has 0 aromatic carbocycles. The van der Waals surface area contributed by atoms with Crippen LogP contribution in [0.3, 0.4) is 0 Å². The summed E-state index contributed by atoms with van der Waals surface area (Å²) in [5.74, 6) is -0.0539. The maximum Gasteiger partial charge on any atom is 0.343 e. The third-order valence-electron chi connectivity index (χ3n) is 3.97. The number of aromatic nitrogens is 2. The fourth-order valence-electron chi connectivity index (χ4n) is 2.40. The molecule has 9 nitrogen and oxygen atoms in total. The maximum atomic E-state index is 12.2. The van der Waals surface area contributed by atoms with Crippen molar-refractivity contribution in [1.82, 2.24) is 25.7 Å². The maximum absolute atomic E-state index is 12.2. The van der Waals surface area contributed by atoms with Crippen LogP contribution in [0.15, 0.2) is 4.79 Å². The largest absolute Gasteiger partial charge is 0.343 e. The predicted octanol–water partition coefficient (Wildman–Crippen LogP) is 0.806. The van der Waals surface area contributed by atoms with Crippen molar-refractivity contribution in [3.63, 3.8) is 0 Å². The van der Waals surface area contributed by atoms with Gasteiger partial charge in [0.25, 0.3) is 11.5 Å². The number of nitrogens with zero attached hydrogens (tertiary/aromatic N) is 2. The van der Waals surface area contributed by atoms with E-state index >= 15 is 0 Å². The van der Waals surface area contributed by atoms with Gasteiger partial charge in [-0.1, -0.05) is 0 Å². The minimum atomic E-state index is -0.652. The van der Waals surface area contributed by atoms with Crippen LogP contribution in [0, 0.1) is 13.8 Å². The summed E-state index contributed by atoms with van der Waals surface area (Å²) in [4.78, 5) is 55.9. The molecule has 0 aliphatic carbocycles. The Bertz CT molecular complexity index is 967. The molecule has 0 unspecified atom stereocenters. The zero-order valence-electron chi connectivity index (χ0n) is 14.3. The Morgan fingerprint density at radius 3 is 2.77 bits per heavy atom. The van der Waals surface area contributed by atoms with Gasteiger partial charge in [-0.3, -0.25) is 25.1 Å². The van der Waals surface area contributed by atoms with Gasteiger partial charge in [-0.15, -0.1) is 23.1 Å². The van der Waals surface area contributed by atoms with Crippen LogP contribution in [-0.4, -0.2) is 44.6 Å². The number of hydrazine groups is 1. The number of H-pyrrole nitrogens is 1. The van der Waals surface area contributed by atoms with E-state index in [4.69, 9.17) is 0 Å². The SMILES string of the molecule is Cc1sc2nc(CS[C@H](C)C(=O)NN3CC(=O)NC3=O)[nH]c(=O)c2c1C. The summed E-state index contributed by atoms with van der Waals surface area (Å²) < 4.78 is 0. The van der Waals surface area contributed by atoms with Gasteiger partial charge in [0.2, 0.25) is 5.91 Å². The molecule has 0 radical (unpaired) electrons. The van der Waals surface area contributed by atoms with E-state index in [9.17, 15) is 19.2 Å². The highest BCUT2D eigenvalue weighted by Gasteiger charge is 2.29. The van der Waals surface area contributed by atoms with Crippen molar-refractivity contribution in [2.24, 2.45) is 0 Å². The quantitative estimate of drug-likeness (QED) is 0.644. The van der Waals surface area contributed by atoms with Gasteiger partial charge in [0.1, 0.15) is 17.2 Å². The molecule has 138 valence electrons. The van der Waals surface area contributed by atoms with Gasteiger partial charge in [0.05, 0.1) is 16.4 Å². The van der Waals surface area contributed by atoms with Gasteiger partial charge in [-0.2, -0.15) is 0 Å². The summed E-state index contributed by atoms with van der Waals surface area (Å²) in [6.45, 7) is 5.31. The molecule has 1 saturated heterocycles. The van der Waals surface area contributed by atoms with Gasteiger partial charge in [-0.05, 0) is 26.3 Å². The average Bonchev–Trinajstić information content (AvgIpc) is 3.03. The zero-order chi connectivity index (χ0) is 19.0. The summed E-state index contributed by atoms with van der Waals surface area (Å²) in [6.07, 6.45) is 0. The third-order valence-corrected chi connectivity index (χ3v) is 6.22. The fourth-order valence-corrected chi connectivity index (χ4v) is 4.20. The number of hydrogen-bond acceptors (Lipinski definition) is 7. The van der Waals surface area contributed by atoms with Gasteiger partial charge in [0.15, 0.2) is 0 Å². The van der Waals surface area contributed by atoms with Crippen molar-refractivity contribution in [1.29, 1.82) is 0 Å². The number of rotatable bonds is 5. The van der Waals surface area contributed by atoms with Gasteiger partial charge in [-0.25, -0.2) is 14.8 Å². The molecular weight excluding hydrogens is 378 g/mol. The number of nitrogens with one attached hydrogen (secondary N) is 3. The molecule has 4 amide bonds. The van der Waals surface area contributed by atoms with Crippen LogP contribution in [0.2, 0.25) is 0 Å². The van der Waals surface area contributed by atoms with Crippen LogP contribution in [0.5, 0.6) is 0 Å². The molecule has 0 spiro atoms. The number of thiophene rings is 1. The van der Waals surface area contributed by atoms with E-state index in [2.05, 4.69) is 20.7 Å². The Morgan fingerprint density at radius 1 is 1.38 bits per heavy atom. The summed E-state index contributed by atoms with van der Waals surface area (Å²) in [5, 5.41) is 3.11. The van der Waals surface area contributed by atoms with Crippen LogP contribution in [0.4, 0.5) is 4.79 Å². The third kappa shape index (κ3) is 3.58. The standard InChI is InChI=1S/C15H17N5O4S2/c1-6-7(2)26-14-11(6)13(23)16-9(17-14)5-25-8(3)12(22)19-20-4-10(21)18-15(20)24/h8H,4-5H2,1-3H3,(H,19,22)(H,16,17,23)(H,18,21,24)/t8-/m1/s1. The lowest BCUT2D eigenvalue weighted by Crippen LogP contribution is -2.47. The fraction of sp³-hybridized carbons (Fsp3) is 0.400. The Labute approximate surface area is 156 Å². The summed E-state index contributed by atoms with van der Waals surface area (Å²) in [6, 6.07) is -0.652. The van der Waals surface area contributed by atoms with Crippen LogP contribution in [0.25, 0.3) is 10.2 Å². The number of carbonyl (C=O) groups is 3. The van der Waals surface area contributed by atoms with E-state index in [1.54, 1.807) is 6.92 Å². The number of hydrogen-bond donors (Lipinski definition) is 3. The molecule has 0 bridgehead atoms. The van der Waals surface area contributed by atoms with Crippen LogP contribution >= 0.6 is 23.1 Å². The van der Waals surface area contributed by atoms with Crippen LogP contribution in [0.1, 0.15) is 23.2 Å². The van der Waals surface area contributed by atoms with Crippen LogP contribution in [-0.2, 0) is 15.3 Å². The smallest absolute Gasteiger partial charge is 0.309 e. The first-order chi connectivity index (χ1) is 12.3. The molecule has 1 aliphatic rings. The van der Waals surface area contributed by atoms with Crippen LogP contribution < -0.4 is 16.3 Å². The summed E-state index contributed by atoms with van der Waals surface area (Å²) >= 11 is 2.73. The van der Waals surface area contributed by atoms with E-state index in [1.165, 1.54) is 23.1 Å². The number of imide groups is 1. The molecule has 3 heterocycles. The van der Waals surface area contributed by atoms with Crippen molar-refractivity contribution in [2.45, 2.75) is 31.8 Å². The predicted molar refractivity (Wildman–Crippen MR) is 98.9 cm³/mol. The Hall–Kier alpha value is -2.40. The molecular formula is C15H17N5O4S2. The highest BCUT2D eigenvalue weighted by atomic mass is 32.2. The Morgan fingerprint density at radius 2 is 2.12 bits per heavy atom. The van der Waals surface area contributed by atoms with E-state index < -0.39 is 23.1 Å². The first kappa shape index (κ1) is 18.4. The Kier molecular flexibility index (Phi) is 5.01. The minimum Gasteiger partial charge on any atom is -0.309 e. The number of aromatic amines is 1. The minimum absolute atomic E-state index is 0.184. The summed E-state index contributed by atoms with van der Waals surface area (Å²) in [7, 11) is 0. The number of fused-ring (bicyclic) bond motifs is 1. The van der Waals surface area contributed by atoms with Crippen molar-refractivity contribution >= 4 is 51.2 Å². The van der Waals surface area contributed by atoms with Crippen molar-refractivity contribution in [3.8, 4) is 0 Å². The van der Waals surface area contributed by atoms with E-state index in [0.717, 1.165) is 15.4 Å². The number of thioether (sulfide) groups is 1.